The second-order valence-electron chi connectivity index (χ2n) is 2.75. The summed E-state index contributed by atoms with van der Waals surface area (Å²) < 4.78 is 0. The molecule has 2 nitrogen and oxygen atoms in total. The molecule has 0 spiro atoms. The lowest BCUT2D eigenvalue weighted by molar-refractivity contribution is -0.130. The average Bonchev–Trinajstić information content (AvgIpc) is 2.04. The minimum atomic E-state index is -1.01. The van der Waals surface area contributed by atoms with Crippen molar-refractivity contribution in [2.45, 2.75) is 24.7 Å². The lowest BCUT2D eigenvalue weighted by atomic mass is 10.3. The third kappa shape index (κ3) is 4.75. The highest BCUT2D eigenvalue weighted by atomic mass is 35.5. The van der Waals surface area contributed by atoms with Crippen molar-refractivity contribution in [2.75, 3.05) is 6.54 Å². The molecule has 0 rings (SSSR count). The van der Waals surface area contributed by atoms with Crippen LogP contribution in [0.2, 0.25) is 0 Å². The van der Waals surface area contributed by atoms with Crippen LogP contribution in [0, 0.1) is 0 Å². The maximum Gasteiger partial charge on any atom is 0.256 e. The molecule has 0 aliphatic heterocycles. The van der Waals surface area contributed by atoms with E-state index in [0.717, 1.165) is 0 Å². The second kappa shape index (κ2) is 6.52. The molecular formula is C8H12Cl3NO. The summed E-state index contributed by atoms with van der Waals surface area (Å²) in [5.74, 6) is -0.298. The van der Waals surface area contributed by atoms with Crippen LogP contribution in [0.25, 0.3) is 0 Å². The predicted octanol–water partition coefficient (Wildman–Crippen LogP) is 2.78. The smallest absolute Gasteiger partial charge is 0.256 e. The molecule has 0 fully saturated rings. The molecule has 76 valence electrons. The van der Waals surface area contributed by atoms with Crippen LogP contribution >= 0.6 is 34.8 Å². The highest BCUT2D eigenvalue weighted by molar-refractivity contribution is 6.53. The Morgan fingerprint density at radius 3 is 2.31 bits per heavy atom. The van der Waals surface area contributed by atoms with Gasteiger partial charge in [-0.05, 0) is 13.8 Å². The molecule has 0 saturated carbocycles. The molecule has 0 saturated heterocycles. The number of carbonyl (C=O) groups excluding carboxylic acids is 1. The third-order valence-electron chi connectivity index (χ3n) is 1.48. The Morgan fingerprint density at radius 2 is 2.00 bits per heavy atom. The van der Waals surface area contributed by atoms with E-state index in [0.29, 0.717) is 6.54 Å². The van der Waals surface area contributed by atoms with Crippen molar-refractivity contribution in [2.24, 2.45) is 0 Å². The Balaban J connectivity index is 4.33. The van der Waals surface area contributed by atoms with E-state index in [1.165, 1.54) is 5.54 Å². The molecule has 0 N–H and O–H groups in total. The van der Waals surface area contributed by atoms with Crippen LogP contribution in [0.5, 0.6) is 0 Å². The van der Waals surface area contributed by atoms with Gasteiger partial charge in [0.15, 0.2) is 4.84 Å². The van der Waals surface area contributed by atoms with E-state index in [2.05, 4.69) is 0 Å². The van der Waals surface area contributed by atoms with Crippen LogP contribution in [0.1, 0.15) is 13.8 Å². The zero-order chi connectivity index (χ0) is 10.4. The number of nitrogens with zero attached hydrogens (tertiary/aromatic N) is 1. The fourth-order valence-corrected chi connectivity index (χ4v) is 1.16. The first-order valence-corrected chi connectivity index (χ1v) is 5.15. The lowest BCUT2D eigenvalue weighted by Crippen LogP contribution is -2.40. The number of carbonyl (C=O) groups is 1. The number of amides is 1. The van der Waals surface area contributed by atoms with E-state index in [1.807, 2.05) is 13.8 Å². The van der Waals surface area contributed by atoms with Crippen molar-refractivity contribution < 1.29 is 4.79 Å². The van der Waals surface area contributed by atoms with Crippen LogP contribution in [-0.4, -0.2) is 28.2 Å². The van der Waals surface area contributed by atoms with Gasteiger partial charge in [0, 0.05) is 18.1 Å². The maximum atomic E-state index is 11.4. The molecule has 0 aromatic heterocycles. The van der Waals surface area contributed by atoms with Crippen molar-refractivity contribution >= 4 is 40.7 Å². The molecule has 0 aliphatic carbocycles. The van der Waals surface area contributed by atoms with Crippen LogP contribution in [0.4, 0.5) is 0 Å². The molecule has 13 heavy (non-hydrogen) atoms. The van der Waals surface area contributed by atoms with Crippen LogP contribution in [0.3, 0.4) is 0 Å². The monoisotopic (exact) mass is 243 g/mol. The minimum Gasteiger partial charge on any atom is -0.334 e. The molecule has 0 bridgehead atoms. The van der Waals surface area contributed by atoms with Crippen molar-refractivity contribution in [1.82, 2.24) is 4.90 Å². The van der Waals surface area contributed by atoms with Crippen molar-refractivity contribution in [3.63, 3.8) is 0 Å². The molecule has 0 radical (unpaired) electrons. The Labute approximate surface area is 93.4 Å². The average molecular weight is 245 g/mol. The Hall–Kier alpha value is 0.0800. The van der Waals surface area contributed by atoms with E-state index in [-0.39, 0.29) is 11.9 Å². The largest absolute Gasteiger partial charge is 0.334 e. The van der Waals surface area contributed by atoms with Gasteiger partial charge < -0.3 is 4.90 Å². The first-order valence-electron chi connectivity index (χ1n) is 3.84. The predicted molar refractivity (Wildman–Crippen MR) is 57.3 cm³/mol. The fourth-order valence-electron chi connectivity index (χ4n) is 0.834. The molecule has 1 amide bonds. The van der Waals surface area contributed by atoms with Gasteiger partial charge in [0.25, 0.3) is 5.91 Å². The molecule has 0 heterocycles. The summed E-state index contributed by atoms with van der Waals surface area (Å²) in [6, 6.07) is 0.0559. The first-order chi connectivity index (χ1) is 6.00. The third-order valence-corrected chi connectivity index (χ3v) is 2.04. The summed E-state index contributed by atoms with van der Waals surface area (Å²) in [7, 11) is 0. The number of hydrogen-bond acceptors (Lipinski definition) is 1. The van der Waals surface area contributed by atoms with E-state index >= 15 is 0 Å². The number of rotatable bonds is 4. The van der Waals surface area contributed by atoms with Gasteiger partial charge in [0.2, 0.25) is 0 Å². The Morgan fingerprint density at radius 1 is 1.46 bits per heavy atom. The van der Waals surface area contributed by atoms with Gasteiger partial charge in [-0.1, -0.05) is 40.9 Å². The minimum absolute atomic E-state index is 0.0559. The summed E-state index contributed by atoms with van der Waals surface area (Å²) in [5.41, 5.74) is 1.36. The number of hydrogen-bond donors (Lipinski definition) is 0. The molecule has 0 aliphatic rings. The zero-order valence-corrected chi connectivity index (χ0v) is 9.77. The van der Waals surface area contributed by atoms with Gasteiger partial charge in [-0.25, -0.2) is 0 Å². The van der Waals surface area contributed by atoms with Crippen molar-refractivity contribution in [3.8, 4) is 0 Å². The topological polar surface area (TPSA) is 20.3 Å². The summed E-state index contributed by atoms with van der Waals surface area (Å²) in [6.07, 6.45) is 1.66. The molecular weight excluding hydrogens is 232 g/mol. The summed E-state index contributed by atoms with van der Waals surface area (Å²) >= 11 is 16.3. The summed E-state index contributed by atoms with van der Waals surface area (Å²) in [5, 5.41) is 0. The fraction of sp³-hybridized carbons (Fsp3) is 0.625. The Bertz CT molecular complexity index is 192. The number of alkyl halides is 2. The molecule has 0 aromatic rings. The molecule has 0 atom stereocenters. The standard InChI is InChI=1S/C8H12Cl3NO/c1-6(2)12(5-3-4-9)8(13)7(10)11/h3-4,6-7H,5H2,1-2H3. The lowest BCUT2D eigenvalue weighted by Gasteiger charge is -2.25. The first kappa shape index (κ1) is 13.1. The van der Waals surface area contributed by atoms with E-state index < -0.39 is 4.84 Å². The van der Waals surface area contributed by atoms with Crippen LogP contribution in [-0.2, 0) is 4.79 Å². The quantitative estimate of drug-likeness (QED) is 0.697. The SMILES string of the molecule is CC(C)N(CC=CCl)C(=O)C(Cl)Cl. The van der Waals surface area contributed by atoms with Gasteiger partial charge >= 0.3 is 0 Å². The summed E-state index contributed by atoms with van der Waals surface area (Å²) in [6.45, 7) is 4.20. The second-order valence-corrected chi connectivity index (χ2v) is 4.09. The van der Waals surface area contributed by atoms with E-state index in [9.17, 15) is 4.79 Å². The Kier molecular flexibility index (Phi) is 6.56. The van der Waals surface area contributed by atoms with Gasteiger partial charge in [-0.15, -0.1) is 0 Å². The highest BCUT2D eigenvalue weighted by Crippen LogP contribution is 2.10. The zero-order valence-electron chi connectivity index (χ0n) is 7.51. The normalized spacial score (nSPS) is 11.6. The highest BCUT2D eigenvalue weighted by Gasteiger charge is 2.21. The maximum absolute atomic E-state index is 11.4. The number of halogens is 3. The molecule has 5 heteroatoms. The van der Waals surface area contributed by atoms with Gasteiger partial charge in [0.05, 0.1) is 0 Å². The van der Waals surface area contributed by atoms with Crippen LogP contribution in [0.15, 0.2) is 11.6 Å². The molecule has 0 aromatic carbocycles. The van der Waals surface area contributed by atoms with Crippen molar-refractivity contribution in [1.29, 1.82) is 0 Å². The van der Waals surface area contributed by atoms with Gasteiger partial charge in [0.1, 0.15) is 0 Å². The van der Waals surface area contributed by atoms with Crippen molar-refractivity contribution in [3.05, 3.63) is 11.6 Å². The van der Waals surface area contributed by atoms with E-state index in [1.54, 1.807) is 11.0 Å². The van der Waals surface area contributed by atoms with Crippen LogP contribution < -0.4 is 0 Å². The van der Waals surface area contributed by atoms with Gasteiger partial charge in [-0.2, -0.15) is 0 Å². The van der Waals surface area contributed by atoms with E-state index in [4.69, 9.17) is 34.8 Å². The van der Waals surface area contributed by atoms with Gasteiger partial charge in [-0.3, -0.25) is 4.79 Å². The summed E-state index contributed by atoms with van der Waals surface area (Å²) in [4.78, 5) is 11.9. The molecule has 0 unspecified atom stereocenters.